The van der Waals surface area contributed by atoms with Gasteiger partial charge in [-0.2, -0.15) is 0 Å². The Balaban J connectivity index is 1.99. The number of hydrogen-bond donors (Lipinski definition) is 2. The molecule has 0 aromatic heterocycles. The van der Waals surface area contributed by atoms with Crippen LogP contribution in [0.25, 0.3) is 0 Å². The number of nitrogens with one attached hydrogen (secondary N) is 1. The predicted octanol–water partition coefficient (Wildman–Crippen LogP) is 1.36. The molecule has 0 aromatic carbocycles. The molecule has 3 unspecified atom stereocenters. The van der Waals surface area contributed by atoms with E-state index in [-0.39, 0.29) is 5.54 Å². The Kier molecular flexibility index (Phi) is 3.88. The Hall–Kier alpha value is -0.120. The first-order chi connectivity index (χ1) is 7.69. The van der Waals surface area contributed by atoms with Gasteiger partial charge in [-0.05, 0) is 45.6 Å². The van der Waals surface area contributed by atoms with Gasteiger partial charge in [0.1, 0.15) is 0 Å². The molecule has 0 aliphatic carbocycles. The molecular formula is C13H26N2O. The first kappa shape index (κ1) is 12.3. The van der Waals surface area contributed by atoms with Gasteiger partial charge in [0.2, 0.25) is 0 Å². The summed E-state index contributed by atoms with van der Waals surface area (Å²) >= 11 is 0. The zero-order chi connectivity index (χ0) is 11.6. The maximum Gasteiger partial charge on any atom is 0.0614 e. The van der Waals surface area contributed by atoms with Crippen LogP contribution in [-0.4, -0.2) is 47.3 Å². The van der Waals surface area contributed by atoms with Crippen molar-refractivity contribution >= 4 is 0 Å². The number of piperidine rings is 1. The lowest BCUT2D eigenvalue weighted by Gasteiger charge is -2.45. The molecule has 2 rings (SSSR count). The topological polar surface area (TPSA) is 35.5 Å². The van der Waals surface area contributed by atoms with Gasteiger partial charge in [0.05, 0.1) is 6.61 Å². The summed E-state index contributed by atoms with van der Waals surface area (Å²) in [5.41, 5.74) is 0.000926. The second-order valence-electron chi connectivity index (χ2n) is 5.68. The minimum atomic E-state index is 0.000926. The van der Waals surface area contributed by atoms with E-state index in [2.05, 4.69) is 24.1 Å². The van der Waals surface area contributed by atoms with Crippen LogP contribution in [0.15, 0.2) is 0 Å². The van der Waals surface area contributed by atoms with Gasteiger partial charge in [0.15, 0.2) is 0 Å². The number of fused-ring (bicyclic) bond motifs is 1. The van der Waals surface area contributed by atoms with Gasteiger partial charge in [0, 0.05) is 24.2 Å². The van der Waals surface area contributed by atoms with Gasteiger partial charge in [-0.1, -0.05) is 6.92 Å². The second-order valence-corrected chi connectivity index (χ2v) is 5.68. The van der Waals surface area contributed by atoms with Gasteiger partial charge in [0.25, 0.3) is 0 Å². The summed E-state index contributed by atoms with van der Waals surface area (Å²) in [5, 5.41) is 13.4. The molecule has 3 nitrogen and oxygen atoms in total. The summed E-state index contributed by atoms with van der Waals surface area (Å²) in [6.45, 7) is 7.15. The Morgan fingerprint density at radius 1 is 1.50 bits per heavy atom. The summed E-state index contributed by atoms with van der Waals surface area (Å²) in [6.07, 6.45) is 6.04. The van der Waals surface area contributed by atoms with Crippen LogP contribution in [0.2, 0.25) is 0 Å². The fourth-order valence-electron chi connectivity index (χ4n) is 3.28. The van der Waals surface area contributed by atoms with E-state index in [1.54, 1.807) is 0 Å². The van der Waals surface area contributed by atoms with Crippen molar-refractivity contribution in [1.82, 2.24) is 10.2 Å². The lowest BCUT2D eigenvalue weighted by molar-refractivity contribution is 0.0518. The first-order valence-corrected chi connectivity index (χ1v) is 6.82. The third-order valence-electron chi connectivity index (χ3n) is 4.47. The van der Waals surface area contributed by atoms with E-state index in [9.17, 15) is 5.11 Å². The van der Waals surface area contributed by atoms with E-state index >= 15 is 0 Å². The Bertz CT molecular complexity index is 234. The van der Waals surface area contributed by atoms with E-state index in [4.69, 9.17) is 0 Å². The number of aliphatic hydroxyl groups excluding tert-OH is 1. The second kappa shape index (κ2) is 5.03. The monoisotopic (exact) mass is 226 g/mol. The van der Waals surface area contributed by atoms with E-state index in [1.807, 2.05) is 0 Å². The maximum absolute atomic E-state index is 9.72. The number of aliphatic hydroxyl groups is 1. The van der Waals surface area contributed by atoms with Crippen LogP contribution in [0.5, 0.6) is 0 Å². The SMILES string of the molecule is CCC(C)NC1(CO)CCN2CCCC2C1. The van der Waals surface area contributed by atoms with Crippen molar-refractivity contribution in [1.29, 1.82) is 0 Å². The minimum absolute atomic E-state index is 0.000926. The summed E-state index contributed by atoms with van der Waals surface area (Å²) in [6, 6.07) is 1.23. The number of nitrogens with zero attached hydrogens (tertiary/aromatic N) is 1. The minimum Gasteiger partial charge on any atom is -0.394 e. The van der Waals surface area contributed by atoms with E-state index < -0.39 is 0 Å². The van der Waals surface area contributed by atoms with Gasteiger partial charge in [-0.15, -0.1) is 0 Å². The molecule has 16 heavy (non-hydrogen) atoms. The zero-order valence-corrected chi connectivity index (χ0v) is 10.7. The van der Waals surface area contributed by atoms with Crippen LogP contribution < -0.4 is 5.32 Å². The maximum atomic E-state index is 9.72. The molecule has 2 aliphatic rings. The molecule has 0 aromatic rings. The average Bonchev–Trinajstić information content (AvgIpc) is 2.75. The Morgan fingerprint density at radius 2 is 2.31 bits per heavy atom. The summed E-state index contributed by atoms with van der Waals surface area (Å²) in [7, 11) is 0. The van der Waals surface area contributed by atoms with Gasteiger partial charge >= 0.3 is 0 Å². The molecule has 0 bridgehead atoms. The van der Waals surface area contributed by atoms with Crippen LogP contribution in [0, 0.1) is 0 Å². The van der Waals surface area contributed by atoms with Crippen molar-refractivity contribution in [3.63, 3.8) is 0 Å². The quantitative estimate of drug-likeness (QED) is 0.760. The zero-order valence-electron chi connectivity index (χ0n) is 10.7. The lowest BCUT2D eigenvalue weighted by atomic mass is 9.83. The first-order valence-electron chi connectivity index (χ1n) is 6.82. The molecule has 2 N–H and O–H groups in total. The van der Waals surface area contributed by atoms with Crippen LogP contribution in [0.3, 0.4) is 0 Å². The van der Waals surface area contributed by atoms with Crippen LogP contribution in [-0.2, 0) is 0 Å². The summed E-state index contributed by atoms with van der Waals surface area (Å²) in [4.78, 5) is 2.60. The smallest absolute Gasteiger partial charge is 0.0614 e. The molecule has 0 amide bonds. The molecule has 0 saturated carbocycles. The van der Waals surface area contributed by atoms with Crippen LogP contribution in [0.4, 0.5) is 0 Å². The fourth-order valence-corrected chi connectivity index (χ4v) is 3.28. The van der Waals surface area contributed by atoms with Gasteiger partial charge in [-0.3, -0.25) is 0 Å². The van der Waals surface area contributed by atoms with Gasteiger partial charge in [-0.25, -0.2) is 0 Å². The predicted molar refractivity (Wildman–Crippen MR) is 66.5 cm³/mol. The summed E-state index contributed by atoms with van der Waals surface area (Å²) < 4.78 is 0. The number of hydrogen-bond acceptors (Lipinski definition) is 3. The van der Waals surface area contributed by atoms with Crippen LogP contribution in [0.1, 0.15) is 46.0 Å². The Labute approximate surface area is 99.2 Å². The molecule has 2 aliphatic heterocycles. The molecule has 3 heteroatoms. The van der Waals surface area contributed by atoms with Gasteiger partial charge < -0.3 is 15.3 Å². The summed E-state index contributed by atoms with van der Waals surface area (Å²) in [5.74, 6) is 0. The third kappa shape index (κ3) is 2.41. The largest absolute Gasteiger partial charge is 0.394 e. The highest BCUT2D eigenvalue weighted by Gasteiger charge is 2.41. The molecule has 2 heterocycles. The van der Waals surface area contributed by atoms with E-state index in [0.29, 0.717) is 12.6 Å². The van der Waals surface area contributed by atoms with Crippen molar-refractivity contribution in [3.05, 3.63) is 0 Å². The highest BCUT2D eigenvalue weighted by molar-refractivity contribution is 5.00. The van der Waals surface area contributed by atoms with Crippen molar-refractivity contribution in [2.75, 3.05) is 19.7 Å². The van der Waals surface area contributed by atoms with Crippen molar-refractivity contribution < 1.29 is 5.11 Å². The molecule has 2 saturated heterocycles. The molecule has 3 atom stereocenters. The molecule has 94 valence electrons. The van der Waals surface area contributed by atoms with Crippen molar-refractivity contribution in [2.24, 2.45) is 0 Å². The molecular weight excluding hydrogens is 200 g/mol. The molecule has 2 fully saturated rings. The average molecular weight is 226 g/mol. The molecule has 0 radical (unpaired) electrons. The van der Waals surface area contributed by atoms with Crippen molar-refractivity contribution in [2.45, 2.75) is 63.6 Å². The number of rotatable bonds is 4. The standard InChI is InChI=1S/C13H26N2O/c1-3-11(2)14-13(10-16)6-8-15-7-4-5-12(15)9-13/h11-12,14,16H,3-10H2,1-2H3. The van der Waals surface area contributed by atoms with E-state index in [0.717, 1.165) is 31.8 Å². The Morgan fingerprint density at radius 3 is 3.00 bits per heavy atom. The fraction of sp³-hybridized carbons (Fsp3) is 1.00. The van der Waals surface area contributed by atoms with E-state index in [1.165, 1.54) is 19.4 Å². The highest BCUT2D eigenvalue weighted by Crippen LogP contribution is 2.33. The van der Waals surface area contributed by atoms with Crippen LogP contribution >= 0.6 is 0 Å². The third-order valence-corrected chi connectivity index (χ3v) is 4.47. The highest BCUT2D eigenvalue weighted by atomic mass is 16.3. The lowest BCUT2D eigenvalue weighted by Crippen LogP contribution is -2.59. The van der Waals surface area contributed by atoms with Crippen molar-refractivity contribution in [3.8, 4) is 0 Å². The normalized spacial score (nSPS) is 37.3. The molecule has 0 spiro atoms.